The number of hydrogen-bond donors (Lipinski definition) is 1. The van der Waals surface area contributed by atoms with E-state index in [4.69, 9.17) is 10.5 Å². The number of hydrogen-bond acceptors (Lipinski definition) is 3. The molecule has 0 amide bonds. The number of carbonyl (C=O) groups is 1. The molecule has 1 rings (SSSR count). The Bertz CT molecular complexity index is 187. The number of ether oxygens (including phenoxy) is 1. The third kappa shape index (κ3) is 1.80. The van der Waals surface area contributed by atoms with Gasteiger partial charge in [0.15, 0.2) is 5.76 Å². The summed E-state index contributed by atoms with van der Waals surface area (Å²) in [5, 5.41) is 0. The van der Waals surface area contributed by atoms with Gasteiger partial charge < -0.3 is 10.5 Å². The number of carbonyl (C=O) groups excluding carboxylic acids is 1. The molecule has 3 nitrogen and oxygen atoms in total. The SMILES string of the molecule is CC[C@H](N)C(=O)C1=CCCO1. The zero-order valence-electron chi connectivity index (χ0n) is 6.67. The molecule has 1 aliphatic heterocycles. The third-order valence-electron chi connectivity index (χ3n) is 1.72. The van der Waals surface area contributed by atoms with E-state index in [1.165, 1.54) is 0 Å². The Morgan fingerprint density at radius 2 is 2.64 bits per heavy atom. The molecule has 0 fully saturated rings. The van der Waals surface area contributed by atoms with E-state index in [1.54, 1.807) is 6.08 Å². The Labute approximate surface area is 66.2 Å². The first-order valence-corrected chi connectivity index (χ1v) is 3.88. The summed E-state index contributed by atoms with van der Waals surface area (Å²) in [6, 6.07) is -0.389. The van der Waals surface area contributed by atoms with E-state index < -0.39 is 0 Å². The lowest BCUT2D eigenvalue weighted by molar-refractivity contribution is -0.119. The molecule has 0 spiro atoms. The summed E-state index contributed by atoms with van der Waals surface area (Å²) in [4.78, 5) is 11.3. The smallest absolute Gasteiger partial charge is 0.213 e. The average Bonchev–Trinajstić information content (AvgIpc) is 2.53. The van der Waals surface area contributed by atoms with Gasteiger partial charge in [0.25, 0.3) is 0 Å². The zero-order valence-corrected chi connectivity index (χ0v) is 6.67. The first kappa shape index (κ1) is 8.27. The van der Waals surface area contributed by atoms with Crippen LogP contribution in [0.2, 0.25) is 0 Å². The van der Waals surface area contributed by atoms with Crippen molar-refractivity contribution in [1.29, 1.82) is 0 Å². The van der Waals surface area contributed by atoms with Gasteiger partial charge >= 0.3 is 0 Å². The molecule has 1 aliphatic rings. The van der Waals surface area contributed by atoms with Crippen LogP contribution in [0, 0.1) is 0 Å². The van der Waals surface area contributed by atoms with Gasteiger partial charge in [-0.15, -0.1) is 0 Å². The van der Waals surface area contributed by atoms with Gasteiger partial charge in [-0.05, 0) is 12.5 Å². The highest BCUT2D eigenvalue weighted by Crippen LogP contribution is 2.11. The largest absolute Gasteiger partial charge is 0.490 e. The van der Waals surface area contributed by atoms with Crippen molar-refractivity contribution in [3.63, 3.8) is 0 Å². The van der Waals surface area contributed by atoms with E-state index in [0.29, 0.717) is 18.8 Å². The van der Waals surface area contributed by atoms with Crippen molar-refractivity contribution >= 4 is 5.78 Å². The van der Waals surface area contributed by atoms with Gasteiger partial charge in [-0.2, -0.15) is 0 Å². The van der Waals surface area contributed by atoms with Gasteiger partial charge in [0.2, 0.25) is 5.78 Å². The maximum Gasteiger partial charge on any atom is 0.213 e. The van der Waals surface area contributed by atoms with Gasteiger partial charge in [0.1, 0.15) is 0 Å². The van der Waals surface area contributed by atoms with Gasteiger partial charge in [-0.1, -0.05) is 6.92 Å². The molecule has 0 unspecified atom stereocenters. The fourth-order valence-corrected chi connectivity index (χ4v) is 0.958. The number of ketones is 1. The summed E-state index contributed by atoms with van der Waals surface area (Å²) in [6.45, 7) is 2.51. The normalized spacial score (nSPS) is 18.9. The lowest BCUT2D eigenvalue weighted by Gasteiger charge is -2.07. The van der Waals surface area contributed by atoms with E-state index in [9.17, 15) is 4.79 Å². The van der Waals surface area contributed by atoms with Gasteiger partial charge in [-0.25, -0.2) is 0 Å². The second kappa shape index (κ2) is 3.53. The maximum atomic E-state index is 11.3. The second-order valence-electron chi connectivity index (χ2n) is 2.58. The van der Waals surface area contributed by atoms with Gasteiger partial charge in [-0.3, -0.25) is 4.79 Å². The van der Waals surface area contributed by atoms with E-state index >= 15 is 0 Å². The quantitative estimate of drug-likeness (QED) is 0.649. The molecule has 0 bridgehead atoms. The molecule has 0 aromatic carbocycles. The first-order valence-electron chi connectivity index (χ1n) is 3.88. The lowest BCUT2D eigenvalue weighted by Crippen LogP contribution is -2.30. The van der Waals surface area contributed by atoms with E-state index in [2.05, 4.69) is 0 Å². The second-order valence-corrected chi connectivity index (χ2v) is 2.58. The predicted octanol–water partition coefficient (Wildman–Crippen LogP) is 0.597. The van der Waals surface area contributed by atoms with E-state index in [0.717, 1.165) is 6.42 Å². The third-order valence-corrected chi connectivity index (χ3v) is 1.72. The van der Waals surface area contributed by atoms with Gasteiger partial charge in [0.05, 0.1) is 12.6 Å². The van der Waals surface area contributed by atoms with Crippen molar-refractivity contribution in [3.05, 3.63) is 11.8 Å². The van der Waals surface area contributed by atoms with Crippen LogP contribution in [-0.2, 0) is 9.53 Å². The summed E-state index contributed by atoms with van der Waals surface area (Å²) < 4.78 is 5.07. The Kier molecular flexibility index (Phi) is 2.65. The molecule has 62 valence electrons. The Balaban J connectivity index is 2.53. The van der Waals surface area contributed by atoms with Crippen LogP contribution in [0.5, 0.6) is 0 Å². The minimum atomic E-state index is -0.389. The van der Waals surface area contributed by atoms with Crippen molar-refractivity contribution in [1.82, 2.24) is 0 Å². The van der Waals surface area contributed by atoms with Gasteiger partial charge in [0, 0.05) is 6.42 Å². The van der Waals surface area contributed by atoms with Crippen LogP contribution in [0.25, 0.3) is 0 Å². The zero-order chi connectivity index (χ0) is 8.27. The molecular weight excluding hydrogens is 142 g/mol. The average molecular weight is 155 g/mol. The lowest BCUT2D eigenvalue weighted by atomic mass is 10.1. The highest BCUT2D eigenvalue weighted by Gasteiger charge is 2.19. The van der Waals surface area contributed by atoms with Crippen LogP contribution < -0.4 is 5.73 Å². The van der Waals surface area contributed by atoms with Crippen LogP contribution in [-0.4, -0.2) is 18.4 Å². The monoisotopic (exact) mass is 155 g/mol. The minimum absolute atomic E-state index is 0.0648. The van der Waals surface area contributed by atoms with Crippen LogP contribution in [0.15, 0.2) is 11.8 Å². The van der Waals surface area contributed by atoms with Crippen molar-refractivity contribution in [2.45, 2.75) is 25.8 Å². The summed E-state index contributed by atoms with van der Waals surface area (Å²) in [5.41, 5.74) is 5.53. The molecule has 1 atom stereocenters. The van der Waals surface area contributed by atoms with Crippen molar-refractivity contribution < 1.29 is 9.53 Å². The summed E-state index contributed by atoms with van der Waals surface area (Å²) in [5.74, 6) is 0.393. The molecule has 0 aromatic heterocycles. The van der Waals surface area contributed by atoms with Crippen LogP contribution in [0.4, 0.5) is 0 Å². The van der Waals surface area contributed by atoms with Crippen LogP contribution in [0.3, 0.4) is 0 Å². The molecule has 0 radical (unpaired) electrons. The maximum absolute atomic E-state index is 11.3. The predicted molar refractivity (Wildman–Crippen MR) is 41.9 cm³/mol. The summed E-state index contributed by atoms with van der Waals surface area (Å²) >= 11 is 0. The molecular formula is C8H13NO2. The van der Waals surface area contributed by atoms with Crippen LogP contribution in [0.1, 0.15) is 19.8 Å². The highest BCUT2D eigenvalue weighted by molar-refractivity contribution is 5.97. The number of Topliss-reactive ketones (excluding diaryl/α,β-unsaturated/α-hetero) is 1. The highest BCUT2D eigenvalue weighted by atomic mass is 16.5. The molecule has 0 aliphatic carbocycles. The molecule has 0 saturated carbocycles. The van der Waals surface area contributed by atoms with E-state index in [-0.39, 0.29) is 11.8 Å². The Morgan fingerprint density at radius 3 is 3.09 bits per heavy atom. The Morgan fingerprint density at radius 1 is 1.91 bits per heavy atom. The molecule has 0 aromatic rings. The van der Waals surface area contributed by atoms with Crippen LogP contribution >= 0.6 is 0 Å². The fourth-order valence-electron chi connectivity index (χ4n) is 0.958. The minimum Gasteiger partial charge on any atom is -0.490 e. The molecule has 11 heavy (non-hydrogen) atoms. The topological polar surface area (TPSA) is 52.3 Å². The molecule has 3 heteroatoms. The number of nitrogens with two attached hydrogens (primary N) is 1. The van der Waals surface area contributed by atoms with Crippen molar-refractivity contribution in [2.24, 2.45) is 5.73 Å². The first-order chi connectivity index (χ1) is 5.25. The molecule has 0 saturated heterocycles. The standard InChI is InChI=1S/C8H13NO2/c1-2-6(9)8(10)7-4-3-5-11-7/h4,6H,2-3,5,9H2,1H3/t6-/m0/s1. The fraction of sp³-hybridized carbons (Fsp3) is 0.625. The molecule has 2 N–H and O–H groups in total. The summed E-state index contributed by atoms with van der Waals surface area (Å²) in [6.07, 6.45) is 3.30. The number of rotatable bonds is 3. The van der Waals surface area contributed by atoms with Crippen molar-refractivity contribution in [2.75, 3.05) is 6.61 Å². The van der Waals surface area contributed by atoms with E-state index in [1.807, 2.05) is 6.92 Å². The summed E-state index contributed by atoms with van der Waals surface area (Å²) in [7, 11) is 0. The Hall–Kier alpha value is -0.830. The van der Waals surface area contributed by atoms with Crippen molar-refractivity contribution in [3.8, 4) is 0 Å². The molecule has 1 heterocycles.